The van der Waals surface area contributed by atoms with Crippen LogP contribution in [0.1, 0.15) is 30.8 Å². The molecule has 0 bridgehead atoms. The summed E-state index contributed by atoms with van der Waals surface area (Å²) in [6.45, 7) is 5.54. The molecule has 0 fully saturated rings. The number of anilines is 1. The quantitative estimate of drug-likeness (QED) is 0.338. The van der Waals surface area contributed by atoms with E-state index in [1.165, 1.54) is 41.0 Å². The lowest BCUT2D eigenvalue weighted by molar-refractivity contribution is -0.137. The van der Waals surface area contributed by atoms with Crippen molar-refractivity contribution in [1.82, 2.24) is 9.55 Å². The van der Waals surface area contributed by atoms with Gasteiger partial charge in [-0.2, -0.15) is 13.2 Å². The van der Waals surface area contributed by atoms with Crippen LogP contribution in [-0.2, 0) is 17.4 Å². The van der Waals surface area contributed by atoms with Crippen molar-refractivity contribution in [1.29, 1.82) is 0 Å². The Labute approximate surface area is 203 Å². The molecule has 0 spiro atoms. The molecule has 4 rings (SSSR count). The molecule has 188 valence electrons. The summed E-state index contributed by atoms with van der Waals surface area (Å²) in [5.41, 5.74) is -0.148. The van der Waals surface area contributed by atoms with Crippen LogP contribution < -0.4 is 10.9 Å². The standard InChI is InChI=1S/C24H16F5N3O2.C2H6/c1-13-30-21-12-20(26)19(25)11-18(21)23(34)32(13)17-8-6-16(7-9-17)31-22(33)10-14-2-4-15(5-3-14)24(27,28)29;1-2/h2-9,11-12H,10H2,1H3,(H,31,33);1-2H3. The molecule has 0 radical (unpaired) electrons. The molecule has 1 N–H and O–H groups in total. The van der Waals surface area contributed by atoms with E-state index < -0.39 is 34.8 Å². The molecular weight excluding hydrogens is 481 g/mol. The number of halogens is 5. The van der Waals surface area contributed by atoms with Gasteiger partial charge in [0.1, 0.15) is 5.82 Å². The summed E-state index contributed by atoms with van der Waals surface area (Å²) in [6.07, 6.45) is -4.58. The highest BCUT2D eigenvalue weighted by Gasteiger charge is 2.30. The average Bonchev–Trinajstić information content (AvgIpc) is 2.83. The maximum atomic E-state index is 13.6. The minimum Gasteiger partial charge on any atom is -0.326 e. The Morgan fingerprint density at radius 3 is 2.11 bits per heavy atom. The van der Waals surface area contributed by atoms with Gasteiger partial charge in [0.15, 0.2) is 11.6 Å². The Bertz CT molecular complexity index is 1440. The molecule has 0 aliphatic heterocycles. The highest BCUT2D eigenvalue weighted by atomic mass is 19.4. The predicted molar refractivity (Wildman–Crippen MR) is 127 cm³/mol. The lowest BCUT2D eigenvalue weighted by Crippen LogP contribution is -2.22. The summed E-state index contributed by atoms with van der Waals surface area (Å²) in [6, 6.07) is 12.1. The zero-order chi connectivity index (χ0) is 26.6. The lowest BCUT2D eigenvalue weighted by atomic mass is 10.1. The zero-order valence-electron chi connectivity index (χ0n) is 19.6. The Kier molecular flexibility index (Phi) is 7.87. The van der Waals surface area contributed by atoms with Crippen LogP contribution in [-0.4, -0.2) is 15.5 Å². The van der Waals surface area contributed by atoms with Crippen molar-refractivity contribution in [3.05, 3.63) is 99.6 Å². The van der Waals surface area contributed by atoms with E-state index in [0.717, 1.165) is 24.3 Å². The number of aromatic nitrogens is 2. The fraction of sp³-hybridized carbons (Fsp3) is 0.192. The molecule has 0 saturated heterocycles. The molecule has 5 nitrogen and oxygen atoms in total. The van der Waals surface area contributed by atoms with Gasteiger partial charge >= 0.3 is 6.18 Å². The maximum Gasteiger partial charge on any atom is 0.416 e. The van der Waals surface area contributed by atoms with Gasteiger partial charge in [0, 0.05) is 11.8 Å². The van der Waals surface area contributed by atoms with Crippen molar-refractivity contribution in [2.75, 3.05) is 5.32 Å². The molecule has 0 atom stereocenters. The zero-order valence-corrected chi connectivity index (χ0v) is 19.6. The molecule has 0 aliphatic rings. The molecule has 3 aromatic carbocycles. The van der Waals surface area contributed by atoms with Gasteiger partial charge in [-0.15, -0.1) is 0 Å². The summed E-state index contributed by atoms with van der Waals surface area (Å²) >= 11 is 0. The van der Waals surface area contributed by atoms with Crippen LogP contribution in [0.3, 0.4) is 0 Å². The number of amides is 1. The minimum absolute atomic E-state index is 0.0322. The van der Waals surface area contributed by atoms with Crippen LogP contribution in [0.5, 0.6) is 0 Å². The summed E-state index contributed by atoms with van der Waals surface area (Å²) in [7, 11) is 0. The van der Waals surface area contributed by atoms with Gasteiger partial charge in [-0.1, -0.05) is 26.0 Å². The van der Waals surface area contributed by atoms with Gasteiger partial charge in [0.25, 0.3) is 5.56 Å². The molecule has 36 heavy (non-hydrogen) atoms. The van der Waals surface area contributed by atoms with Gasteiger partial charge in [-0.25, -0.2) is 13.8 Å². The van der Waals surface area contributed by atoms with Gasteiger partial charge < -0.3 is 5.32 Å². The predicted octanol–water partition coefficient (Wildman–Crippen LogP) is 6.20. The lowest BCUT2D eigenvalue weighted by Gasteiger charge is -2.12. The molecule has 1 amide bonds. The first kappa shape index (κ1) is 26.5. The first-order chi connectivity index (χ1) is 17.0. The number of nitrogens with zero attached hydrogens (tertiary/aromatic N) is 2. The average molecular weight is 503 g/mol. The second-order valence-electron chi connectivity index (χ2n) is 7.55. The molecule has 1 heterocycles. The van der Waals surface area contributed by atoms with Crippen molar-refractivity contribution >= 4 is 22.5 Å². The van der Waals surface area contributed by atoms with Crippen LogP contribution in [0, 0.1) is 18.6 Å². The van der Waals surface area contributed by atoms with Crippen molar-refractivity contribution in [2.45, 2.75) is 33.4 Å². The van der Waals surface area contributed by atoms with Crippen molar-refractivity contribution in [3.8, 4) is 5.69 Å². The van der Waals surface area contributed by atoms with E-state index in [-0.39, 0.29) is 23.1 Å². The van der Waals surface area contributed by atoms with E-state index in [9.17, 15) is 31.5 Å². The Morgan fingerprint density at radius 1 is 0.944 bits per heavy atom. The third-order valence-corrected chi connectivity index (χ3v) is 5.13. The monoisotopic (exact) mass is 503 g/mol. The molecule has 1 aromatic heterocycles. The Hall–Kier alpha value is -4.08. The number of carbonyl (C=O) groups excluding carboxylic acids is 1. The largest absolute Gasteiger partial charge is 0.416 e. The minimum atomic E-state index is -4.45. The fourth-order valence-electron chi connectivity index (χ4n) is 3.49. The Morgan fingerprint density at radius 2 is 1.53 bits per heavy atom. The van der Waals surface area contributed by atoms with Gasteiger partial charge in [0.2, 0.25) is 5.91 Å². The molecule has 0 aliphatic carbocycles. The second-order valence-corrected chi connectivity index (χ2v) is 7.55. The normalized spacial score (nSPS) is 11.1. The van der Waals surface area contributed by atoms with Crippen LogP contribution in [0.4, 0.5) is 27.6 Å². The summed E-state index contributed by atoms with van der Waals surface area (Å²) in [4.78, 5) is 29.3. The highest BCUT2D eigenvalue weighted by molar-refractivity contribution is 5.92. The van der Waals surface area contributed by atoms with Crippen LogP contribution in [0.2, 0.25) is 0 Å². The molecule has 0 unspecified atom stereocenters. The summed E-state index contributed by atoms with van der Waals surface area (Å²) in [5, 5.41) is 2.55. The Balaban J connectivity index is 0.00000176. The number of carbonyl (C=O) groups is 1. The number of aryl methyl sites for hydroxylation is 1. The molecule has 4 aromatic rings. The third-order valence-electron chi connectivity index (χ3n) is 5.13. The molecular formula is C26H22F5N3O2. The van der Waals surface area contributed by atoms with Gasteiger partial charge in [-0.3, -0.25) is 14.2 Å². The topological polar surface area (TPSA) is 64.0 Å². The SMILES string of the molecule is CC.Cc1nc2cc(F)c(F)cc2c(=O)n1-c1ccc(NC(=O)Cc2ccc(C(F)(F)F)cc2)cc1. The third kappa shape index (κ3) is 5.76. The van der Waals surface area contributed by atoms with E-state index >= 15 is 0 Å². The number of benzene rings is 3. The smallest absolute Gasteiger partial charge is 0.326 e. The number of nitrogens with one attached hydrogen (secondary N) is 1. The first-order valence-electron chi connectivity index (χ1n) is 11.0. The van der Waals surface area contributed by atoms with Crippen LogP contribution in [0.15, 0.2) is 65.5 Å². The number of rotatable bonds is 4. The highest BCUT2D eigenvalue weighted by Crippen LogP contribution is 2.29. The number of hydrogen-bond donors (Lipinski definition) is 1. The summed E-state index contributed by atoms with van der Waals surface area (Å²) in [5.74, 6) is -2.45. The van der Waals surface area contributed by atoms with E-state index in [1.807, 2.05) is 13.8 Å². The van der Waals surface area contributed by atoms with Crippen molar-refractivity contribution < 1.29 is 26.7 Å². The van der Waals surface area contributed by atoms with Crippen molar-refractivity contribution in [3.63, 3.8) is 0 Å². The van der Waals surface area contributed by atoms with Crippen LogP contribution in [0.25, 0.3) is 16.6 Å². The fourth-order valence-corrected chi connectivity index (χ4v) is 3.49. The van der Waals surface area contributed by atoms with Gasteiger partial charge in [0.05, 0.1) is 28.6 Å². The number of fused-ring (bicyclic) bond motifs is 1. The van der Waals surface area contributed by atoms with E-state index in [4.69, 9.17) is 0 Å². The second kappa shape index (κ2) is 10.7. The summed E-state index contributed by atoms with van der Waals surface area (Å²) < 4.78 is 66.3. The van der Waals surface area contributed by atoms with E-state index in [2.05, 4.69) is 10.3 Å². The van der Waals surface area contributed by atoms with Gasteiger partial charge in [-0.05, 0) is 55.0 Å². The van der Waals surface area contributed by atoms with E-state index in [1.54, 1.807) is 6.92 Å². The first-order valence-corrected chi connectivity index (χ1v) is 11.0. The molecule has 0 saturated carbocycles. The number of hydrogen-bond acceptors (Lipinski definition) is 3. The number of alkyl halides is 3. The van der Waals surface area contributed by atoms with Crippen LogP contribution >= 0.6 is 0 Å². The van der Waals surface area contributed by atoms with E-state index in [0.29, 0.717) is 16.9 Å². The molecule has 10 heteroatoms. The van der Waals surface area contributed by atoms with Crippen molar-refractivity contribution in [2.24, 2.45) is 0 Å². The maximum absolute atomic E-state index is 13.6.